The predicted octanol–water partition coefficient (Wildman–Crippen LogP) is 5.30. The Hall–Kier alpha value is -2.07. The molecule has 0 radical (unpaired) electrons. The van der Waals surface area contributed by atoms with E-state index in [1.165, 1.54) is 5.56 Å². The van der Waals surface area contributed by atoms with Crippen LogP contribution in [0, 0.1) is 0 Å². The Labute approximate surface area is 156 Å². The Morgan fingerprint density at radius 3 is 2.44 bits per heavy atom. The van der Waals surface area contributed by atoms with Gasteiger partial charge < -0.3 is 0 Å². The van der Waals surface area contributed by atoms with Crippen molar-refractivity contribution in [1.29, 1.82) is 0 Å². The second-order valence-corrected chi connectivity index (χ2v) is 8.54. The number of rotatable bonds is 1. The minimum atomic E-state index is -0.247. The molecule has 126 valence electrons. The van der Waals surface area contributed by atoms with E-state index in [4.69, 9.17) is 4.99 Å². The highest BCUT2D eigenvalue weighted by Gasteiger charge is 2.44. The number of hydrogen-bond acceptors (Lipinski definition) is 3. The molecule has 3 aromatic rings. The van der Waals surface area contributed by atoms with Crippen LogP contribution in [-0.4, -0.2) is 21.4 Å². The zero-order valence-electron chi connectivity index (χ0n) is 14.8. The lowest BCUT2D eigenvalue weighted by molar-refractivity contribution is 0.303. The van der Waals surface area contributed by atoms with Crippen LogP contribution >= 0.6 is 15.9 Å². The fraction of sp³-hybridized carbons (Fsp3) is 0.286. The molecule has 0 saturated heterocycles. The smallest absolute Gasteiger partial charge is 0.112 e. The molecule has 0 aliphatic carbocycles. The van der Waals surface area contributed by atoms with Crippen molar-refractivity contribution < 1.29 is 0 Å². The summed E-state index contributed by atoms with van der Waals surface area (Å²) in [5.74, 6) is 0. The standard InChI is InChI=1S/C21H20BrN3/c1-20(2)16-12-14(22)9-10-15(16)19(23-21(20,3)4)18-11-13-7-5-6-8-17(13)24-25-18/h5-12H,1-4H3. The van der Waals surface area contributed by atoms with E-state index in [2.05, 4.69) is 84.2 Å². The molecule has 0 amide bonds. The molecule has 0 atom stereocenters. The molecule has 4 rings (SSSR count). The molecule has 0 fully saturated rings. The predicted molar refractivity (Wildman–Crippen MR) is 106 cm³/mol. The molecule has 0 saturated carbocycles. The van der Waals surface area contributed by atoms with Gasteiger partial charge in [-0.15, -0.1) is 10.2 Å². The summed E-state index contributed by atoms with van der Waals surface area (Å²) >= 11 is 3.62. The maximum atomic E-state index is 5.11. The van der Waals surface area contributed by atoms with Crippen molar-refractivity contribution in [1.82, 2.24) is 10.2 Å². The Morgan fingerprint density at radius 2 is 1.64 bits per heavy atom. The maximum Gasteiger partial charge on any atom is 0.112 e. The molecule has 1 aromatic heterocycles. The van der Waals surface area contributed by atoms with Crippen molar-refractivity contribution >= 4 is 32.5 Å². The summed E-state index contributed by atoms with van der Waals surface area (Å²) in [6.45, 7) is 8.88. The number of halogens is 1. The van der Waals surface area contributed by atoms with Crippen molar-refractivity contribution in [2.45, 2.75) is 38.6 Å². The summed E-state index contributed by atoms with van der Waals surface area (Å²) in [5, 5.41) is 9.94. The zero-order chi connectivity index (χ0) is 17.8. The molecule has 0 N–H and O–H groups in total. The van der Waals surface area contributed by atoms with E-state index in [1.807, 2.05) is 18.2 Å². The Kier molecular flexibility index (Phi) is 3.58. The summed E-state index contributed by atoms with van der Waals surface area (Å²) in [7, 11) is 0. The number of benzene rings is 2. The van der Waals surface area contributed by atoms with Gasteiger partial charge in [-0.2, -0.15) is 0 Å². The van der Waals surface area contributed by atoms with Crippen molar-refractivity contribution in [2.24, 2.45) is 4.99 Å². The van der Waals surface area contributed by atoms with Gasteiger partial charge in [0, 0.05) is 20.8 Å². The summed E-state index contributed by atoms with van der Waals surface area (Å²) in [5.41, 5.74) is 4.74. The molecule has 1 aliphatic heterocycles. The van der Waals surface area contributed by atoms with Crippen molar-refractivity contribution in [3.05, 3.63) is 69.8 Å². The topological polar surface area (TPSA) is 38.1 Å². The van der Waals surface area contributed by atoms with Gasteiger partial charge in [0.1, 0.15) is 5.69 Å². The van der Waals surface area contributed by atoms with Gasteiger partial charge in [0.2, 0.25) is 0 Å². The highest BCUT2D eigenvalue weighted by atomic mass is 79.9. The number of fused-ring (bicyclic) bond motifs is 2. The average molecular weight is 394 g/mol. The van der Waals surface area contributed by atoms with Crippen molar-refractivity contribution in [3.8, 4) is 0 Å². The molecule has 2 heterocycles. The fourth-order valence-electron chi connectivity index (χ4n) is 3.34. The first kappa shape index (κ1) is 16.4. The minimum Gasteiger partial charge on any atom is -0.275 e. The third kappa shape index (κ3) is 2.51. The van der Waals surface area contributed by atoms with Gasteiger partial charge in [-0.05, 0) is 43.7 Å². The third-order valence-corrected chi connectivity index (χ3v) is 6.06. The lowest BCUT2D eigenvalue weighted by atomic mass is 9.66. The van der Waals surface area contributed by atoms with Crippen LogP contribution in [0.1, 0.15) is 44.5 Å². The lowest BCUT2D eigenvalue weighted by Crippen LogP contribution is -2.46. The van der Waals surface area contributed by atoms with Crippen LogP contribution in [-0.2, 0) is 5.41 Å². The lowest BCUT2D eigenvalue weighted by Gasteiger charge is -2.44. The average Bonchev–Trinajstić information content (AvgIpc) is 2.58. The normalized spacial score (nSPS) is 17.9. The van der Waals surface area contributed by atoms with Crippen LogP contribution in [0.5, 0.6) is 0 Å². The van der Waals surface area contributed by atoms with Gasteiger partial charge in [-0.25, -0.2) is 0 Å². The van der Waals surface area contributed by atoms with Crippen molar-refractivity contribution in [2.75, 3.05) is 0 Å². The molecular weight excluding hydrogens is 374 g/mol. The van der Waals surface area contributed by atoms with E-state index in [-0.39, 0.29) is 11.0 Å². The summed E-state index contributed by atoms with van der Waals surface area (Å²) in [6, 6.07) is 16.5. The largest absolute Gasteiger partial charge is 0.275 e. The second kappa shape index (κ2) is 5.46. The number of aliphatic imine (C=N–C) groups is 1. The van der Waals surface area contributed by atoms with Crippen molar-refractivity contribution in [3.63, 3.8) is 0 Å². The summed E-state index contributed by atoms with van der Waals surface area (Å²) in [4.78, 5) is 5.11. The monoisotopic (exact) mass is 393 g/mol. The SMILES string of the molecule is CC1(C)N=C(c2cc3ccccc3nn2)c2ccc(Br)cc2C1(C)C. The van der Waals surface area contributed by atoms with E-state index in [1.54, 1.807) is 0 Å². The Bertz CT molecular complexity index is 1020. The van der Waals surface area contributed by atoms with Crippen LogP contribution in [0.2, 0.25) is 0 Å². The van der Waals surface area contributed by atoms with E-state index in [9.17, 15) is 0 Å². The molecule has 25 heavy (non-hydrogen) atoms. The first-order chi connectivity index (χ1) is 11.8. The van der Waals surface area contributed by atoms with Crippen LogP contribution in [0.3, 0.4) is 0 Å². The number of hydrogen-bond donors (Lipinski definition) is 0. The molecule has 2 aromatic carbocycles. The minimum absolute atomic E-state index is 0.0834. The maximum absolute atomic E-state index is 5.11. The second-order valence-electron chi connectivity index (χ2n) is 7.62. The Balaban J connectivity index is 1.98. The first-order valence-electron chi connectivity index (χ1n) is 8.43. The van der Waals surface area contributed by atoms with E-state index in [0.29, 0.717) is 0 Å². The first-order valence-corrected chi connectivity index (χ1v) is 9.22. The third-order valence-electron chi connectivity index (χ3n) is 5.57. The van der Waals surface area contributed by atoms with E-state index < -0.39 is 0 Å². The molecule has 4 heteroatoms. The van der Waals surface area contributed by atoms with Gasteiger partial charge in [-0.3, -0.25) is 4.99 Å². The molecular formula is C21H20BrN3. The van der Waals surface area contributed by atoms with Gasteiger partial charge >= 0.3 is 0 Å². The molecule has 0 spiro atoms. The zero-order valence-corrected chi connectivity index (χ0v) is 16.4. The van der Waals surface area contributed by atoms with Crippen LogP contribution in [0.25, 0.3) is 10.9 Å². The fourth-order valence-corrected chi connectivity index (χ4v) is 3.71. The Morgan fingerprint density at radius 1 is 0.880 bits per heavy atom. The summed E-state index contributed by atoms with van der Waals surface area (Å²) in [6.07, 6.45) is 0. The molecule has 3 nitrogen and oxygen atoms in total. The van der Waals surface area contributed by atoms with E-state index in [0.717, 1.165) is 32.3 Å². The van der Waals surface area contributed by atoms with Gasteiger partial charge in [0.05, 0.1) is 16.8 Å². The van der Waals surface area contributed by atoms with Crippen LogP contribution < -0.4 is 0 Å². The summed E-state index contributed by atoms with van der Waals surface area (Å²) < 4.78 is 1.08. The highest BCUT2D eigenvalue weighted by Crippen LogP contribution is 2.44. The van der Waals surface area contributed by atoms with Crippen LogP contribution in [0.15, 0.2) is 58.0 Å². The van der Waals surface area contributed by atoms with Gasteiger partial charge in [0.25, 0.3) is 0 Å². The molecule has 0 unspecified atom stereocenters. The van der Waals surface area contributed by atoms with Gasteiger partial charge in [-0.1, -0.05) is 54.0 Å². The van der Waals surface area contributed by atoms with Crippen LogP contribution in [0.4, 0.5) is 0 Å². The number of nitrogens with zero attached hydrogens (tertiary/aromatic N) is 3. The quantitative estimate of drug-likeness (QED) is 0.562. The van der Waals surface area contributed by atoms with Gasteiger partial charge in [0.15, 0.2) is 0 Å². The number of aromatic nitrogens is 2. The highest BCUT2D eigenvalue weighted by molar-refractivity contribution is 9.10. The van der Waals surface area contributed by atoms with E-state index >= 15 is 0 Å². The molecule has 1 aliphatic rings. The molecule has 0 bridgehead atoms.